The van der Waals surface area contributed by atoms with E-state index < -0.39 is 0 Å². The highest BCUT2D eigenvalue weighted by molar-refractivity contribution is 5.83. The number of anilines is 1. The number of para-hydroxylation sites is 1. The van der Waals surface area contributed by atoms with Gasteiger partial charge in [-0.2, -0.15) is 5.10 Å². The van der Waals surface area contributed by atoms with Crippen LogP contribution >= 0.6 is 0 Å². The van der Waals surface area contributed by atoms with Crippen LogP contribution in [0.1, 0.15) is 25.0 Å². The van der Waals surface area contributed by atoms with Crippen molar-refractivity contribution >= 4 is 17.8 Å². The average molecular weight is 339 g/mol. The summed E-state index contributed by atoms with van der Waals surface area (Å²) in [6, 6.07) is 15.6. The van der Waals surface area contributed by atoms with Gasteiger partial charge in [-0.05, 0) is 50.1 Å². The number of carbonyl (C=O) groups excluding carboxylic acids is 1. The zero-order valence-corrected chi connectivity index (χ0v) is 15.0. The van der Waals surface area contributed by atoms with Crippen molar-refractivity contribution in [3.05, 3.63) is 59.7 Å². The molecular weight excluding hydrogens is 314 g/mol. The second kappa shape index (κ2) is 9.47. The number of amides is 1. The summed E-state index contributed by atoms with van der Waals surface area (Å²) < 4.78 is 5.48. The Morgan fingerprint density at radius 1 is 1.12 bits per heavy atom. The number of aryl methyl sites for hydroxylation is 1. The van der Waals surface area contributed by atoms with Gasteiger partial charge < -0.3 is 9.64 Å². The van der Waals surface area contributed by atoms with Crippen LogP contribution in [0.5, 0.6) is 5.75 Å². The molecule has 0 bridgehead atoms. The third-order valence-corrected chi connectivity index (χ3v) is 3.88. The lowest BCUT2D eigenvalue weighted by atomic mass is 10.2. The summed E-state index contributed by atoms with van der Waals surface area (Å²) in [6.45, 7) is 8.08. The standard InChI is InChI=1S/C20H25N3O2/c1-4-23(5-2)18-12-10-17(11-13-18)14-21-22-20(24)15-25-19-9-7-6-8-16(19)3/h6-14H,4-5,15H2,1-3H3,(H,22,24)/b21-14-. The number of nitrogens with one attached hydrogen (secondary N) is 1. The molecule has 2 aromatic carbocycles. The molecule has 0 aliphatic heterocycles. The number of hydrogen-bond donors (Lipinski definition) is 1. The van der Waals surface area contributed by atoms with Crippen molar-refractivity contribution in [1.82, 2.24) is 5.43 Å². The first-order valence-electron chi connectivity index (χ1n) is 8.49. The van der Waals surface area contributed by atoms with E-state index in [1.54, 1.807) is 6.21 Å². The average Bonchev–Trinajstić information content (AvgIpc) is 2.63. The van der Waals surface area contributed by atoms with Gasteiger partial charge in [0.25, 0.3) is 5.91 Å². The first-order valence-corrected chi connectivity index (χ1v) is 8.49. The van der Waals surface area contributed by atoms with Gasteiger partial charge >= 0.3 is 0 Å². The summed E-state index contributed by atoms with van der Waals surface area (Å²) in [6.07, 6.45) is 1.62. The molecular formula is C20H25N3O2. The number of ether oxygens (including phenoxy) is 1. The lowest BCUT2D eigenvalue weighted by Crippen LogP contribution is -2.24. The van der Waals surface area contributed by atoms with E-state index in [4.69, 9.17) is 4.74 Å². The Morgan fingerprint density at radius 3 is 2.44 bits per heavy atom. The summed E-state index contributed by atoms with van der Waals surface area (Å²) in [5.41, 5.74) is 5.57. The fourth-order valence-electron chi connectivity index (χ4n) is 2.43. The molecule has 2 aromatic rings. The van der Waals surface area contributed by atoms with Crippen LogP contribution in [0, 0.1) is 6.92 Å². The minimum atomic E-state index is -0.292. The molecule has 0 heterocycles. The molecule has 2 rings (SSSR count). The van der Waals surface area contributed by atoms with Crippen LogP contribution in [-0.4, -0.2) is 31.8 Å². The van der Waals surface area contributed by atoms with Gasteiger partial charge in [-0.25, -0.2) is 5.43 Å². The van der Waals surface area contributed by atoms with Gasteiger partial charge in [0.1, 0.15) is 5.75 Å². The van der Waals surface area contributed by atoms with Crippen molar-refractivity contribution in [2.75, 3.05) is 24.6 Å². The minimum Gasteiger partial charge on any atom is -0.483 e. The highest BCUT2D eigenvalue weighted by atomic mass is 16.5. The minimum absolute atomic E-state index is 0.0664. The second-order valence-corrected chi connectivity index (χ2v) is 5.61. The molecule has 25 heavy (non-hydrogen) atoms. The summed E-state index contributed by atoms with van der Waals surface area (Å²) in [4.78, 5) is 14.1. The normalized spacial score (nSPS) is 10.7. The van der Waals surface area contributed by atoms with Crippen LogP contribution < -0.4 is 15.1 Å². The van der Waals surface area contributed by atoms with Crippen molar-refractivity contribution in [3.63, 3.8) is 0 Å². The third-order valence-electron chi connectivity index (χ3n) is 3.88. The maximum absolute atomic E-state index is 11.8. The van der Waals surface area contributed by atoms with Crippen LogP contribution in [0.25, 0.3) is 0 Å². The molecule has 0 saturated carbocycles. The molecule has 1 amide bonds. The van der Waals surface area contributed by atoms with Crippen molar-refractivity contribution in [2.24, 2.45) is 5.10 Å². The predicted octanol–water partition coefficient (Wildman–Crippen LogP) is 3.37. The number of hydrazone groups is 1. The van der Waals surface area contributed by atoms with Gasteiger partial charge in [0.05, 0.1) is 6.21 Å². The van der Waals surface area contributed by atoms with E-state index >= 15 is 0 Å². The monoisotopic (exact) mass is 339 g/mol. The fraction of sp³-hybridized carbons (Fsp3) is 0.300. The SMILES string of the molecule is CCN(CC)c1ccc(/C=N\NC(=O)COc2ccccc2C)cc1. The molecule has 5 heteroatoms. The molecule has 0 saturated heterocycles. The quantitative estimate of drug-likeness (QED) is 0.593. The Bertz CT molecular complexity index is 707. The van der Waals surface area contributed by atoms with Gasteiger partial charge in [-0.1, -0.05) is 30.3 Å². The number of nitrogens with zero attached hydrogens (tertiary/aromatic N) is 2. The van der Waals surface area contributed by atoms with E-state index in [1.807, 2.05) is 43.3 Å². The molecule has 0 radical (unpaired) electrons. The molecule has 132 valence electrons. The highest BCUT2D eigenvalue weighted by Crippen LogP contribution is 2.16. The molecule has 0 aliphatic carbocycles. The maximum Gasteiger partial charge on any atom is 0.277 e. The summed E-state index contributed by atoms with van der Waals surface area (Å²) in [7, 11) is 0. The van der Waals surface area contributed by atoms with Gasteiger partial charge in [0, 0.05) is 18.8 Å². The van der Waals surface area contributed by atoms with Crippen LogP contribution in [-0.2, 0) is 4.79 Å². The Hall–Kier alpha value is -2.82. The fourth-order valence-corrected chi connectivity index (χ4v) is 2.43. The van der Waals surface area contributed by atoms with Gasteiger partial charge in [0.2, 0.25) is 0 Å². The predicted molar refractivity (Wildman–Crippen MR) is 102 cm³/mol. The zero-order chi connectivity index (χ0) is 18.1. The van der Waals surface area contributed by atoms with E-state index in [2.05, 4.69) is 41.4 Å². The number of carbonyl (C=O) groups is 1. The van der Waals surface area contributed by atoms with E-state index in [-0.39, 0.29) is 12.5 Å². The lowest BCUT2D eigenvalue weighted by Gasteiger charge is -2.20. The summed E-state index contributed by atoms with van der Waals surface area (Å²) in [5, 5.41) is 3.97. The Kier molecular flexibility index (Phi) is 7.01. The van der Waals surface area contributed by atoms with Crippen molar-refractivity contribution < 1.29 is 9.53 Å². The summed E-state index contributed by atoms with van der Waals surface area (Å²) >= 11 is 0. The molecule has 0 aliphatic rings. The molecule has 1 N–H and O–H groups in total. The van der Waals surface area contributed by atoms with Crippen LogP contribution in [0.3, 0.4) is 0 Å². The van der Waals surface area contributed by atoms with E-state index in [1.165, 1.54) is 5.69 Å². The van der Waals surface area contributed by atoms with Gasteiger partial charge in [-0.15, -0.1) is 0 Å². The first-order chi connectivity index (χ1) is 12.1. The van der Waals surface area contributed by atoms with Crippen LogP contribution in [0.2, 0.25) is 0 Å². The van der Waals surface area contributed by atoms with Crippen LogP contribution in [0.4, 0.5) is 5.69 Å². The van der Waals surface area contributed by atoms with E-state index in [0.717, 1.165) is 24.2 Å². The van der Waals surface area contributed by atoms with Crippen molar-refractivity contribution in [2.45, 2.75) is 20.8 Å². The third kappa shape index (κ3) is 5.64. The Morgan fingerprint density at radius 2 is 1.80 bits per heavy atom. The Balaban J connectivity index is 1.82. The van der Waals surface area contributed by atoms with Gasteiger partial charge in [0.15, 0.2) is 6.61 Å². The number of rotatable bonds is 8. The lowest BCUT2D eigenvalue weighted by molar-refractivity contribution is -0.123. The molecule has 0 fully saturated rings. The van der Waals surface area contributed by atoms with E-state index in [0.29, 0.717) is 5.75 Å². The smallest absolute Gasteiger partial charge is 0.277 e. The Labute approximate surface area is 149 Å². The molecule has 5 nitrogen and oxygen atoms in total. The zero-order valence-electron chi connectivity index (χ0n) is 15.0. The highest BCUT2D eigenvalue weighted by Gasteiger charge is 2.03. The molecule has 0 spiro atoms. The summed E-state index contributed by atoms with van der Waals surface area (Å²) in [5.74, 6) is 0.410. The first kappa shape index (κ1) is 18.5. The molecule has 0 atom stereocenters. The number of benzene rings is 2. The molecule has 0 aromatic heterocycles. The van der Waals surface area contributed by atoms with E-state index in [9.17, 15) is 4.79 Å². The van der Waals surface area contributed by atoms with Crippen LogP contribution in [0.15, 0.2) is 53.6 Å². The topological polar surface area (TPSA) is 53.9 Å². The molecule has 0 unspecified atom stereocenters. The van der Waals surface area contributed by atoms with Gasteiger partial charge in [-0.3, -0.25) is 4.79 Å². The maximum atomic E-state index is 11.8. The van der Waals surface area contributed by atoms with Crippen molar-refractivity contribution in [1.29, 1.82) is 0 Å². The van der Waals surface area contributed by atoms with Crippen molar-refractivity contribution in [3.8, 4) is 5.75 Å². The largest absolute Gasteiger partial charge is 0.483 e. The second-order valence-electron chi connectivity index (χ2n) is 5.61. The number of hydrogen-bond acceptors (Lipinski definition) is 4.